The molecular formula is C13H17FN2O. The van der Waals surface area contributed by atoms with Crippen LogP contribution in [0.25, 0.3) is 0 Å². The number of hydrogen-bond acceptors (Lipinski definition) is 2. The summed E-state index contributed by atoms with van der Waals surface area (Å²) in [5.74, 6) is -0.298. The molecule has 1 amide bonds. The van der Waals surface area contributed by atoms with E-state index < -0.39 is 5.82 Å². The van der Waals surface area contributed by atoms with Gasteiger partial charge in [0.15, 0.2) is 0 Å². The molecule has 2 atom stereocenters. The molecule has 0 aromatic heterocycles. The zero-order valence-electron chi connectivity index (χ0n) is 10.1. The van der Waals surface area contributed by atoms with E-state index in [0.29, 0.717) is 17.2 Å². The summed E-state index contributed by atoms with van der Waals surface area (Å²) >= 11 is 0. The SMILES string of the molecule is CCC1CC1NC(=O)c1cc(N)cc(C)c1F. The molecule has 0 heterocycles. The molecule has 1 fully saturated rings. The maximum absolute atomic E-state index is 13.8. The number of halogens is 1. The Kier molecular flexibility index (Phi) is 3.05. The highest BCUT2D eigenvalue weighted by molar-refractivity contribution is 5.96. The third-order valence-electron chi connectivity index (χ3n) is 3.28. The van der Waals surface area contributed by atoms with Crippen LogP contribution in [0.2, 0.25) is 0 Å². The Morgan fingerprint density at radius 2 is 2.29 bits per heavy atom. The van der Waals surface area contributed by atoms with E-state index in [1.165, 1.54) is 12.1 Å². The Morgan fingerprint density at radius 1 is 1.59 bits per heavy atom. The molecule has 3 nitrogen and oxygen atoms in total. The third-order valence-corrected chi connectivity index (χ3v) is 3.28. The van der Waals surface area contributed by atoms with Crippen LogP contribution in [-0.4, -0.2) is 11.9 Å². The average Bonchev–Trinajstić information content (AvgIpc) is 3.01. The summed E-state index contributed by atoms with van der Waals surface area (Å²) in [7, 11) is 0. The fourth-order valence-corrected chi connectivity index (χ4v) is 2.08. The van der Waals surface area contributed by atoms with Gasteiger partial charge in [0.05, 0.1) is 5.56 Å². The number of aryl methyl sites for hydroxylation is 1. The second kappa shape index (κ2) is 4.35. The van der Waals surface area contributed by atoms with E-state index in [0.717, 1.165) is 12.8 Å². The molecule has 4 heteroatoms. The number of hydrogen-bond donors (Lipinski definition) is 2. The van der Waals surface area contributed by atoms with Crippen LogP contribution in [0.4, 0.5) is 10.1 Å². The van der Waals surface area contributed by atoms with Crippen molar-refractivity contribution < 1.29 is 9.18 Å². The lowest BCUT2D eigenvalue weighted by molar-refractivity contribution is 0.0945. The van der Waals surface area contributed by atoms with E-state index in [-0.39, 0.29) is 17.5 Å². The van der Waals surface area contributed by atoms with Crippen molar-refractivity contribution in [2.75, 3.05) is 5.73 Å². The quantitative estimate of drug-likeness (QED) is 0.791. The smallest absolute Gasteiger partial charge is 0.254 e. The van der Waals surface area contributed by atoms with Gasteiger partial charge in [-0.2, -0.15) is 0 Å². The zero-order valence-corrected chi connectivity index (χ0v) is 10.1. The van der Waals surface area contributed by atoms with Crippen molar-refractivity contribution in [2.24, 2.45) is 5.92 Å². The van der Waals surface area contributed by atoms with Gasteiger partial charge in [-0.3, -0.25) is 4.79 Å². The lowest BCUT2D eigenvalue weighted by Gasteiger charge is -2.08. The summed E-state index contributed by atoms with van der Waals surface area (Å²) in [6.07, 6.45) is 2.04. The molecule has 1 aromatic rings. The van der Waals surface area contributed by atoms with Crippen molar-refractivity contribution >= 4 is 11.6 Å². The number of carbonyl (C=O) groups excluding carboxylic acids is 1. The van der Waals surface area contributed by atoms with Gasteiger partial charge >= 0.3 is 0 Å². The Hall–Kier alpha value is -1.58. The Morgan fingerprint density at radius 3 is 2.88 bits per heavy atom. The summed E-state index contributed by atoms with van der Waals surface area (Å²) in [4.78, 5) is 11.9. The standard InChI is InChI=1S/C13H17FN2O/c1-3-8-5-11(8)16-13(17)10-6-9(15)4-7(2)12(10)14/h4,6,8,11H,3,5,15H2,1-2H3,(H,16,17). The van der Waals surface area contributed by atoms with Crippen LogP contribution in [-0.2, 0) is 0 Å². The summed E-state index contributed by atoms with van der Waals surface area (Å²) in [5.41, 5.74) is 6.48. The molecule has 2 rings (SSSR count). The zero-order chi connectivity index (χ0) is 12.6. The van der Waals surface area contributed by atoms with Crippen LogP contribution >= 0.6 is 0 Å². The minimum absolute atomic E-state index is 0.0456. The van der Waals surface area contributed by atoms with Crippen molar-refractivity contribution in [1.82, 2.24) is 5.32 Å². The molecule has 17 heavy (non-hydrogen) atoms. The Labute approximate surface area is 100 Å². The van der Waals surface area contributed by atoms with Gasteiger partial charge in [0.1, 0.15) is 5.82 Å². The Bertz CT molecular complexity index is 459. The summed E-state index contributed by atoms with van der Waals surface area (Å²) in [6, 6.07) is 3.12. The van der Waals surface area contributed by atoms with Gasteiger partial charge in [-0.1, -0.05) is 13.3 Å². The fraction of sp³-hybridized carbons (Fsp3) is 0.462. The molecule has 1 saturated carbocycles. The lowest BCUT2D eigenvalue weighted by Crippen LogP contribution is -2.28. The summed E-state index contributed by atoms with van der Waals surface area (Å²) < 4.78 is 13.8. The van der Waals surface area contributed by atoms with Crippen molar-refractivity contribution in [1.29, 1.82) is 0 Å². The number of amides is 1. The van der Waals surface area contributed by atoms with Crippen molar-refractivity contribution in [2.45, 2.75) is 32.7 Å². The second-order valence-corrected chi connectivity index (χ2v) is 4.68. The van der Waals surface area contributed by atoms with Crippen LogP contribution in [0.5, 0.6) is 0 Å². The van der Waals surface area contributed by atoms with Gasteiger partial charge in [-0.15, -0.1) is 0 Å². The minimum Gasteiger partial charge on any atom is -0.399 e. The van der Waals surface area contributed by atoms with Gasteiger partial charge in [0.25, 0.3) is 5.91 Å². The van der Waals surface area contributed by atoms with E-state index in [9.17, 15) is 9.18 Å². The summed E-state index contributed by atoms with van der Waals surface area (Å²) in [6.45, 7) is 3.69. The summed E-state index contributed by atoms with van der Waals surface area (Å²) in [5, 5.41) is 2.83. The van der Waals surface area contributed by atoms with Crippen molar-refractivity contribution in [3.05, 3.63) is 29.1 Å². The monoisotopic (exact) mass is 236 g/mol. The maximum atomic E-state index is 13.8. The normalized spacial score (nSPS) is 22.3. The molecule has 0 spiro atoms. The predicted molar refractivity (Wildman–Crippen MR) is 65.2 cm³/mol. The number of benzene rings is 1. The fourth-order valence-electron chi connectivity index (χ4n) is 2.08. The number of nitrogens with one attached hydrogen (secondary N) is 1. The van der Waals surface area contributed by atoms with E-state index >= 15 is 0 Å². The Balaban J connectivity index is 2.14. The maximum Gasteiger partial charge on any atom is 0.254 e. The molecule has 0 radical (unpaired) electrons. The van der Waals surface area contributed by atoms with Crippen molar-refractivity contribution in [3.8, 4) is 0 Å². The van der Waals surface area contributed by atoms with E-state index in [4.69, 9.17) is 5.73 Å². The predicted octanol–water partition coefficient (Wildman–Crippen LogP) is 2.24. The van der Waals surface area contributed by atoms with Crippen LogP contribution in [0, 0.1) is 18.7 Å². The van der Waals surface area contributed by atoms with Gasteiger partial charge in [-0.25, -0.2) is 4.39 Å². The lowest BCUT2D eigenvalue weighted by atomic mass is 10.1. The van der Waals surface area contributed by atoms with E-state index in [1.807, 2.05) is 0 Å². The molecular weight excluding hydrogens is 219 g/mol. The van der Waals surface area contributed by atoms with Crippen molar-refractivity contribution in [3.63, 3.8) is 0 Å². The minimum atomic E-state index is -0.481. The topological polar surface area (TPSA) is 55.1 Å². The van der Waals surface area contributed by atoms with Crippen LogP contribution in [0.1, 0.15) is 35.7 Å². The van der Waals surface area contributed by atoms with E-state index in [1.54, 1.807) is 6.92 Å². The number of rotatable bonds is 3. The highest BCUT2D eigenvalue weighted by Gasteiger charge is 2.37. The molecule has 2 unspecified atom stereocenters. The molecule has 92 valence electrons. The molecule has 3 N–H and O–H groups in total. The first-order chi connectivity index (χ1) is 8.02. The van der Waals surface area contributed by atoms with Crippen LogP contribution in [0.3, 0.4) is 0 Å². The molecule has 0 saturated heterocycles. The first-order valence-corrected chi connectivity index (χ1v) is 5.89. The van der Waals surface area contributed by atoms with Crippen LogP contribution in [0.15, 0.2) is 12.1 Å². The van der Waals surface area contributed by atoms with Gasteiger partial charge in [0.2, 0.25) is 0 Å². The first-order valence-electron chi connectivity index (χ1n) is 5.89. The number of nitrogen functional groups attached to an aromatic ring is 1. The number of anilines is 1. The van der Waals surface area contributed by atoms with Gasteiger partial charge in [-0.05, 0) is 37.0 Å². The largest absolute Gasteiger partial charge is 0.399 e. The third kappa shape index (κ3) is 2.40. The first kappa shape index (κ1) is 11.9. The molecule has 1 aliphatic carbocycles. The number of nitrogens with two attached hydrogens (primary N) is 1. The molecule has 0 bridgehead atoms. The highest BCUT2D eigenvalue weighted by atomic mass is 19.1. The highest BCUT2D eigenvalue weighted by Crippen LogP contribution is 2.33. The molecule has 1 aliphatic rings. The molecule has 0 aliphatic heterocycles. The second-order valence-electron chi connectivity index (χ2n) is 4.68. The average molecular weight is 236 g/mol. The van der Waals surface area contributed by atoms with Gasteiger partial charge in [0, 0.05) is 11.7 Å². The number of carbonyl (C=O) groups is 1. The van der Waals surface area contributed by atoms with Crippen LogP contribution < -0.4 is 11.1 Å². The molecule has 1 aromatic carbocycles. The van der Waals surface area contributed by atoms with E-state index in [2.05, 4.69) is 12.2 Å². The van der Waals surface area contributed by atoms with Gasteiger partial charge < -0.3 is 11.1 Å².